The smallest absolute Gasteiger partial charge is 0.253 e. The van der Waals surface area contributed by atoms with E-state index in [0.29, 0.717) is 5.56 Å². The Balaban J connectivity index is 2.59. The molecule has 0 aliphatic rings. The van der Waals surface area contributed by atoms with Gasteiger partial charge in [0.15, 0.2) is 0 Å². The molecule has 0 bridgehead atoms. The van der Waals surface area contributed by atoms with E-state index in [1.54, 1.807) is 18.3 Å². The molecule has 0 aliphatic carbocycles. The van der Waals surface area contributed by atoms with Crippen molar-refractivity contribution in [1.29, 1.82) is 0 Å². The quantitative estimate of drug-likeness (QED) is 0.568. The summed E-state index contributed by atoms with van der Waals surface area (Å²) in [5.41, 5.74) is 0.565. The van der Waals surface area contributed by atoms with Crippen LogP contribution in [0.5, 0.6) is 0 Å². The van der Waals surface area contributed by atoms with E-state index in [9.17, 15) is 4.79 Å². The van der Waals surface area contributed by atoms with Crippen molar-refractivity contribution in [3.63, 3.8) is 0 Å². The molecule has 70 valence electrons. The zero-order chi connectivity index (χ0) is 9.68. The van der Waals surface area contributed by atoms with Gasteiger partial charge in [-0.2, -0.15) is 12.6 Å². The minimum absolute atomic E-state index is 0.0901. The SMILES string of the molecule is CCC(S)NC(=O)c1cccnc1. The molecule has 0 aromatic carbocycles. The zero-order valence-electron chi connectivity index (χ0n) is 7.40. The Kier molecular flexibility index (Phi) is 3.76. The molecule has 0 radical (unpaired) electrons. The minimum atomic E-state index is -0.130. The number of pyridine rings is 1. The van der Waals surface area contributed by atoms with Gasteiger partial charge >= 0.3 is 0 Å². The van der Waals surface area contributed by atoms with E-state index < -0.39 is 0 Å². The number of carbonyl (C=O) groups excluding carboxylic acids is 1. The summed E-state index contributed by atoms with van der Waals surface area (Å²) in [6.07, 6.45) is 3.97. The van der Waals surface area contributed by atoms with Crippen LogP contribution in [0.3, 0.4) is 0 Å². The lowest BCUT2D eigenvalue weighted by Crippen LogP contribution is -2.30. The molecule has 0 spiro atoms. The van der Waals surface area contributed by atoms with Gasteiger partial charge < -0.3 is 5.32 Å². The summed E-state index contributed by atoms with van der Waals surface area (Å²) in [6.45, 7) is 1.96. The van der Waals surface area contributed by atoms with Crippen molar-refractivity contribution in [3.05, 3.63) is 30.1 Å². The number of thiol groups is 1. The standard InChI is InChI=1S/C9H12N2OS/c1-2-8(13)11-9(12)7-4-3-5-10-6-7/h3-6,8,13H,2H2,1H3,(H,11,12). The third kappa shape index (κ3) is 3.06. The first kappa shape index (κ1) is 10.1. The predicted octanol–water partition coefficient (Wildman–Crippen LogP) is 1.48. The third-order valence-corrected chi connectivity index (χ3v) is 2.10. The fraction of sp³-hybridized carbons (Fsp3) is 0.333. The van der Waals surface area contributed by atoms with Gasteiger partial charge in [-0.3, -0.25) is 9.78 Å². The van der Waals surface area contributed by atoms with Crippen molar-refractivity contribution in [2.75, 3.05) is 0 Å². The molecular formula is C9H12N2OS. The highest BCUT2D eigenvalue weighted by Crippen LogP contribution is 2.00. The van der Waals surface area contributed by atoms with Crippen molar-refractivity contribution >= 4 is 18.5 Å². The van der Waals surface area contributed by atoms with Crippen LogP contribution in [0.1, 0.15) is 23.7 Å². The summed E-state index contributed by atoms with van der Waals surface area (Å²) in [5.74, 6) is -0.130. The molecule has 1 aromatic rings. The van der Waals surface area contributed by atoms with Crippen molar-refractivity contribution < 1.29 is 4.79 Å². The van der Waals surface area contributed by atoms with E-state index in [0.717, 1.165) is 6.42 Å². The second-order valence-electron chi connectivity index (χ2n) is 2.64. The Morgan fingerprint density at radius 1 is 1.77 bits per heavy atom. The molecule has 0 saturated heterocycles. The van der Waals surface area contributed by atoms with Crippen LogP contribution in [-0.4, -0.2) is 16.3 Å². The van der Waals surface area contributed by atoms with E-state index >= 15 is 0 Å². The average Bonchev–Trinajstić information content (AvgIpc) is 2.19. The molecule has 1 atom stereocenters. The lowest BCUT2D eigenvalue weighted by molar-refractivity contribution is 0.0949. The molecule has 0 aliphatic heterocycles. The van der Waals surface area contributed by atoms with Gasteiger partial charge in [0, 0.05) is 12.4 Å². The van der Waals surface area contributed by atoms with Crippen LogP contribution in [-0.2, 0) is 0 Å². The van der Waals surface area contributed by atoms with E-state index in [1.165, 1.54) is 6.20 Å². The molecule has 1 heterocycles. The van der Waals surface area contributed by atoms with Gasteiger partial charge in [-0.15, -0.1) is 0 Å². The maximum Gasteiger partial charge on any atom is 0.253 e. The Morgan fingerprint density at radius 3 is 3.08 bits per heavy atom. The first-order chi connectivity index (χ1) is 6.24. The minimum Gasteiger partial charge on any atom is -0.340 e. The summed E-state index contributed by atoms with van der Waals surface area (Å²) >= 11 is 4.17. The van der Waals surface area contributed by atoms with Crippen LogP contribution in [0.25, 0.3) is 0 Å². The van der Waals surface area contributed by atoms with Crippen molar-refractivity contribution in [2.24, 2.45) is 0 Å². The molecule has 4 heteroatoms. The van der Waals surface area contributed by atoms with Gasteiger partial charge in [0.2, 0.25) is 0 Å². The highest BCUT2D eigenvalue weighted by Gasteiger charge is 2.07. The molecule has 1 amide bonds. The van der Waals surface area contributed by atoms with Crippen molar-refractivity contribution in [1.82, 2.24) is 10.3 Å². The number of carbonyl (C=O) groups is 1. The highest BCUT2D eigenvalue weighted by atomic mass is 32.1. The van der Waals surface area contributed by atoms with E-state index in [1.807, 2.05) is 6.92 Å². The Bertz CT molecular complexity index is 276. The topological polar surface area (TPSA) is 42.0 Å². The lowest BCUT2D eigenvalue weighted by atomic mass is 10.2. The lowest BCUT2D eigenvalue weighted by Gasteiger charge is -2.09. The number of nitrogens with zero attached hydrogens (tertiary/aromatic N) is 1. The number of hydrogen-bond donors (Lipinski definition) is 2. The van der Waals surface area contributed by atoms with Gasteiger partial charge in [0.25, 0.3) is 5.91 Å². The van der Waals surface area contributed by atoms with Crippen LogP contribution < -0.4 is 5.32 Å². The van der Waals surface area contributed by atoms with Gasteiger partial charge in [-0.1, -0.05) is 6.92 Å². The molecular weight excluding hydrogens is 184 g/mol. The summed E-state index contributed by atoms with van der Waals surface area (Å²) in [6, 6.07) is 3.45. The molecule has 13 heavy (non-hydrogen) atoms. The van der Waals surface area contributed by atoms with E-state index in [-0.39, 0.29) is 11.3 Å². The predicted molar refractivity (Wildman–Crippen MR) is 54.8 cm³/mol. The number of amides is 1. The largest absolute Gasteiger partial charge is 0.340 e. The van der Waals surface area contributed by atoms with Crippen LogP contribution in [0.15, 0.2) is 24.5 Å². The van der Waals surface area contributed by atoms with Gasteiger partial charge in [0.1, 0.15) is 0 Å². The summed E-state index contributed by atoms with van der Waals surface area (Å²) < 4.78 is 0. The highest BCUT2D eigenvalue weighted by molar-refractivity contribution is 7.80. The summed E-state index contributed by atoms with van der Waals surface area (Å²) in [7, 11) is 0. The second kappa shape index (κ2) is 4.87. The monoisotopic (exact) mass is 196 g/mol. The Morgan fingerprint density at radius 2 is 2.54 bits per heavy atom. The molecule has 1 rings (SSSR count). The van der Waals surface area contributed by atoms with Crippen LogP contribution in [0.2, 0.25) is 0 Å². The van der Waals surface area contributed by atoms with Crippen LogP contribution in [0.4, 0.5) is 0 Å². The molecule has 3 nitrogen and oxygen atoms in total. The zero-order valence-corrected chi connectivity index (χ0v) is 8.29. The number of rotatable bonds is 3. The van der Waals surface area contributed by atoms with Gasteiger partial charge in [-0.05, 0) is 18.6 Å². The fourth-order valence-electron chi connectivity index (χ4n) is 0.834. The van der Waals surface area contributed by atoms with Crippen molar-refractivity contribution in [3.8, 4) is 0 Å². The number of aromatic nitrogens is 1. The Labute approximate surface area is 83.0 Å². The number of nitrogens with one attached hydrogen (secondary N) is 1. The fourth-order valence-corrected chi connectivity index (χ4v) is 0.951. The molecule has 1 aromatic heterocycles. The van der Waals surface area contributed by atoms with Crippen LogP contribution in [0, 0.1) is 0 Å². The number of hydrogen-bond acceptors (Lipinski definition) is 3. The van der Waals surface area contributed by atoms with Gasteiger partial charge in [-0.25, -0.2) is 0 Å². The van der Waals surface area contributed by atoms with E-state index in [4.69, 9.17) is 0 Å². The molecule has 1 N–H and O–H groups in total. The molecule has 0 fully saturated rings. The van der Waals surface area contributed by atoms with E-state index in [2.05, 4.69) is 22.9 Å². The second-order valence-corrected chi connectivity index (χ2v) is 3.26. The summed E-state index contributed by atoms with van der Waals surface area (Å²) in [4.78, 5) is 15.3. The van der Waals surface area contributed by atoms with Gasteiger partial charge in [0.05, 0.1) is 10.9 Å². The third-order valence-electron chi connectivity index (χ3n) is 1.61. The molecule has 1 unspecified atom stereocenters. The van der Waals surface area contributed by atoms with Crippen LogP contribution >= 0.6 is 12.6 Å². The first-order valence-corrected chi connectivity index (χ1v) is 4.64. The average molecular weight is 196 g/mol. The maximum absolute atomic E-state index is 11.4. The Hall–Kier alpha value is -1.03. The van der Waals surface area contributed by atoms with Crippen molar-refractivity contribution in [2.45, 2.75) is 18.7 Å². The summed E-state index contributed by atoms with van der Waals surface area (Å²) in [5, 5.41) is 2.64. The maximum atomic E-state index is 11.4. The normalized spacial score (nSPS) is 12.2. The first-order valence-electron chi connectivity index (χ1n) is 4.13. The molecule has 0 saturated carbocycles.